The van der Waals surface area contributed by atoms with Gasteiger partial charge in [0.1, 0.15) is 16.6 Å². The van der Waals surface area contributed by atoms with E-state index in [1.165, 1.54) is 6.20 Å². The molecule has 0 aliphatic heterocycles. The molecule has 0 radical (unpaired) electrons. The molecule has 0 aromatic carbocycles. The van der Waals surface area contributed by atoms with Crippen molar-refractivity contribution in [2.45, 2.75) is 13.6 Å². The van der Waals surface area contributed by atoms with Crippen LogP contribution in [0.4, 0.5) is 4.39 Å². The van der Waals surface area contributed by atoms with E-state index in [4.69, 9.17) is 4.74 Å². The summed E-state index contributed by atoms with van der Waals surface area (Å²) in [6, 6.07) is 0. The Kier molecular flexibility index (Phi) is 3.16. The molecular formula is C7H8FNO2S. The largest absolute Gasteiger partial charge is 0.462 e. The smallest absolute Gasteiger partial charge is 0.349 e. The third-order valence-electron chi connectivity index (χ3n) is 1.14. The quantitative estimate of drug-likeness (QED) is 0.680. The Labute approximate surface area is 73.2 Å². The molecule has 3 nitrogen and oxygen atoms in total. The third kappa shape index (κ3) is 2.01. The zero-order valence-electron chi connectivity index (χ0n) is 6.54. The standard InChI is InChI=1S/C7H8FNO2S/c1-2-11-7(10)5-4-9-6(3-8)12-5/h4H,2-3H2,1H3. The molecule has 1 aromatic rings. The van der Waals surface area contributed by atoms with Crippen molar-refractivity contribution in [2.24, 2.45) is 0 Å². The van der Waals surface area contributed by atoms with Crippen LogP contribution in [0.2, 0.25) is 0 Å². The molecule has 1 aromatic heterocycles. The van der Waals surface area contributed by atoms with E-state index < -0.39 is 12.6 Å². The molecule has 0 aliphatic rings. The van der Waals surface area contributed by atoms with Gasteiger partial charge < -0.3 is 4.74 Å². The fourth-order valence-electron chi connectivity index (χ4n) is 0.669. The molecule has 0 bridgehead atoms. The number of ether oxygens (including phenoxy) is 1. The predicted molar refractivity (Wildman–Crippen MR) is 42.9 cm³/mol. The first kappa shape index (κ1) is 9.12. The van der Waals surface area contributed by atoms with E-state index in [0.717, 1.165) is 11.3 Å². The van der Waals surface area contributed by atoms with Crippen molar-refractivity contribution in [1.29, 1.82) is 0 Å². The van der Waals surface area contributed by atoms with Crippen LogP contribution >= 0.6 is 11.3 Å². The van der Waals surface area contributed by atoms with Crippen LogP contribution in [0.25, 0.3) is 0 Å². The van der Waals surface area contributed by atoms with E-state index in [-0.39, 0.29) is 0 Å². The number of rotatable bonds is 3. The number of carbonyl (C=O) groups is 1. The van der Waals surface area contributed by atoms with Gasteiger partial charge in [-0.25, -0.2) is 14.2 Å². The summed E-state index contributed by atoms with van der Waals surface area (Å²) in [6.07, 6.45) is 1.33. The molecule has 0 saturated heterocycles. The second-order valence-electron chi connectivity index (χ2n) is 1.97. The summed E-state index contributed by atoms with van der Waals surface area (Å²) < 4.78 is 16.7. The Bertz CT molecular complexity index is 274. The van der Waals surface area contributed by atoms with Gasteiger partial charge in [-0.15, -0.1) is 11.3 Å². The molecule has 0 unspecified atom stereocenters. The highest BCUT2D eigenvalue weighted by molar-refractivity contribution is 7.13. The monoisotopic (exact) mass is 189 g/mol. The molecule has 0 saturated carbocycles. The Morgan fingerprint density at radius 2 is 2.58 bits per heavy atom. The van der Waals surface area contributed by atoms with Gasteiger partial charge in [0.05, 0.1) is 12.8 Å². The van der Waals surface area contributed by atoms with Crippen LogP contribution in [0.5, 0.6) is 0 Å². The molecule has 5 heteroatoms. The molecule has 12 heavy (non-hydrogen) atoms. The van der Waals surface area contributed by atoms with Gasteiger partial charge >= 0.3 is 5.97 Å². The average Bonchev–Trinajstić information content (AvgIpc) is 2.52. The number of esters is 1. The van der Waals surface area contributed by atoms with Gasteiger partial charge in [-0.05, 0) is 6.92 Å². The number of halogens is 1. The summed E-state index contributed by atoms with van der Waals surface area (Å²) in [7, 11) is 0. The number of aromatic nitrogens is 1. The molecule has 1 heterocycles. The van der Waals surface area contributed by atoms with Gasteiger partial charge in [-0.2, -0.15) is 0 Å². The first-order valence-corrected chi connectivity index (χ1v) is 4.27. The Morgan fingerprint density at radius 1 is 1.83 bits per heavy atom. The lowest BCUT2D eigenvalue weighted by Crippen LogP contribution is -2.01. The summed E-state index contributed by atoms with van der Waals surface area (Å²) in [6.45, 7) is 1.40. The SMILES string of the molecule is CCOC(=O)c1cnc(CF)s1. The van der Waals surface area contributed by atoms with E-state index in [0.29, 0.717) is 16.5 Å². The molecule has 0 aliphatic carbocycles. The Balaban J connectivity index is 2.68. The minimum absolute atomic E-state index is 0.304. The van der Waals surface area contributed by atoms with Crippen LogP contribution in [0.15, 0.2) is 6.20 Å². The zero-order valence-corrected chi connectivity index (χ0v) is 7.36. The van der Waals surface area contributed by atoms with Crippen molar-refractivity contribution in [3.8, 4) is 0 Å². The van der Waals surface area contributed by atoms with Crippen LogP contribution in [-0.2, 0) is 11.4 Å². The van der Waals surface area contributed by atoms with Crippen LogP contribution in [0.1, 0.15) is 21.6 Å². The fourth-order valence-corrected chi connectivity index (χ4v) is 1.33. The lowest BCUT2D eigenvalue weighted by Gasteiger charge is -1.95. The lowest BCUT2D eigenvalue weighted by molar-refractivity contribution is 0.0532. The number of alkyl halides is 1. The summed E-state index contributed by atoms with van der Waals surface area (Å²) in [5.74, 6) is -0.435. The topological polar surface area (TPSA) is 39.2 Å². The Morgan fingerprint density at radius 3 is 3.08 bits per heavy atom. The summed E-state index contributed by atoms with van der Waals surface area (Å²) in [4.78, 5) is 15.0. The van der Waals surface area contributed by atoms with E-state index in [9.17, 15) is 9.18 Å². The van der Waals surface area contributed by atoms with E-state index in [2.05, 4.69) is 4.98 Å². The third-order valence-corrected chi connectivity index (χ3v) is 2.09. The number of thiazole rings is 1. The minimum atomic E-state index is -0.635. The lowest BCUT2D eigenvalue weighted by atomic mass is 10.6. The van der Waals surface area contributed by atoms with E-state index in [1.807, 2.05) is 0 Å². The van der Waals surface area contributed by atoms with Gasteiger partial charge in [-0.3, -0.25) is 0 Å². The molecule has 0 spiro atoms. The zero-order chi connectivity index (χ0) is 8.97. The van der Waals surface area contributed by atoms with Crippen LogP contribution in [0.3, 0.4) is 0 Å². The first-order valence-electron chi connectivity index (χ1n) is 3.45. The number of carbonyl (C=O) groups excluding carboxylic acids is 1. The summed E-state index contributed by atoms with van der Waals surface area (Å²) in [5.41, 5.74) is 0. The van der Waals surface area contributed by atoms with Crippen molar-refractivity contribution in [3.05, 3.63) is 16.1 Å². The van der Waals surface area contributed by atoms with Gasteiger partial charge in [0.2, 0.25) is 0 Å². The highest BCUT2D eigenvalue weighted by Gasteiger charge is 2.10. The molecule has 66 valence electrons. The van der Waals surface area contributed by atoms with Crippen molar-refractivity contribution in [1.82, 2.24) is 4.98 Å². The van der Waals surface area contributed by atoms with Gasteiger partial charge in [0, 0.05) is 0 Å². The van der Waals surface area contributed by atoms with Gasteiger partial charge in [-0.1, -0.05) is 0 Å². The normalized spacial score (nSPS) is 9.83. The highest BCUT2D eigenvalue weighted by Crippen LogP contribution is 2.14. The van der Waals surface area contributed by atoms with Gasteiger partial charge in [0.25, 0.3) is 0 Å². The highest BCUT2D eigenvalue weighted by atomic mass is 32.1. The summed E-state index contributed by atoms with van der Waals surface area (Å²) in [5, 5.41) is 0.304. The minimum Gasteiger partial charge on any atom is -0.462 e. The van der Waals surface area contributed by atoms with Crippen molar-refractivity contribution in [3.63, 3.8) is 0 Å². The second kappa shape index (κ2) is 4.15. The molecule has 0 atom stereocenters. The van der Waals surface area contributed by atoms with Gasteiger partial charge in [0.15, 0.2) is 0 Å². The molecule has 0 amide bonds. The predicted octanol–water partition coefficient (Wildman–Crippen LogP) is 1.79. The Hall–Kier alpha value is -0.970. The first-order chi connectivity index (χ1) is 5.77. The van der Waals surface area contributed by atoms with Crippen LogP contribution in [-0.4, -0.2) is 17.6 Å². The average molecular weight is 189 g/mol. The number of hydrogen-bond donors (Lipinski definition) is 0. The maximum absolute atomic E-state index is 12.0. The maximum Gasteiger partial charge on any atom is 0.349 e. The number of hydrogen-bond acceptors (Lipinski definition) is 4. The van der Waals surface area contributed by atoms with E-state index in [1.54, 1.807) is 6.92 Å². The number of nitrogens with zero attached hydrogens (tertiary/aromatic N) is 1. The molecular weight excluding hydrogens is 181 g/mol. The van der Waals surface area contributed by atoms with Crippen molar-refractivity contribution < 1.29 is 13.9 Å². The van der Waals surface area contributed by atoms with Crippen LogP contribution < -0.4 is 0 Å². The fraction of sp³-hybridized carbons (Fsp3) is 0.429. The second-order valence-corrected chi connectivity index (χ2v) is 3.09. The molecule has 0 N–H and O–H groups in total. The molecule has 1 rings (SSSR count). The molecule has 0 fully saturated rings. The summed E-state index contributed by atoms with van der Waals surface area (Å²) >= 11 is 1.02. The maximum atomic E-state index is 12.0. The van der Waals surface area contributed by atoms with E-state index >= 15 is 0 Å². The van der Waals surface area contributed by atoms with Crippen LogP contribution in [0, 0.1) is 0 Å². The van der Waals surface area contributed by atoms with Crippen molar-refractivity contribution in [2.75, 3.05) is 6.61 Å². The van der Waals surface area contributed by atoms with Crippen molar-refractivity contribution >= 4 is 17.3 Å².